The van der Waals surface area contributed by atoms with Crippen LogP contribution in [0.4, 0.5) is 0 Å². The minimum Gasteiger partial charge on any atom is -0.353 e. The molecule has 1 unspecified atom stereocenters. The number of hydrogen-bond acceptors (Lipinski definition) is 3. The number of nitrogens with zero attached hydrogens (tertiary/aromatic N) is 1. The van der Waals surface area contributed by atoms with Crippen LogP contribution in [0.15, 0.2) is 24.3 Å². The molecule has 0 aliphatic carbocycles. The summed E-state index contributed by atoms with van der Waals surface area (Å²) in [6.07, 6.45) is 3.26. The van der Waals surface area contributed by atoms with Crippen LogP contribution in [-0.4, -0.2) is 44.0 Å². The zero-order chi connectivity index (χ0) is 15.2. The monoisotopic (exact) mass is 289 g/mol. The van der Waals surface area contributed by atoms with Gasteiger partial charge in [0, 0.05) is 6.54 Å². The Labute approximate surface area is 127 Å². The van der Waals surface area contributed by atoms with Crippen molar-refractivity contribution in [3.8, 4) is 0 Å². The summed E-state index contributed by atoms with van der Waals surface area (Å²) in [5.41, 5.74) is 2.49. The fraction of sp³-hybridized carbons (Fsp3) is 0.588. The topological polar surface area (TPSA) is 44.4 Å². The highest BCUT2D eigenvalue weighted by Gasteiger charge is 2.22. The maximum Gasteiger partial charge on any atom is 0.237 e. The number of carbonyl (C=O) groups excluding carboxylic acids is 1. The fourth-order valence-electron chi connectivity index (χ4n) is 2.78. The van der Waals surface area contributed by atoms with E-state index < -0.39 is 0 Å². The van der Waals surface area contributed by atoms with Crippen LogP contribution >= 0.6 is 0 Å². The molecule has 4 nitrogen and oxygen atoms in total. The molecule has 0 bridgehead atoms. The molecule has 0 saturated carbocycles. The Morgan fingerprint density at radius 1 is 1.33 bits per heavy atom. The average molecular weight is 289 g/mol. The molecule has 1 aromatic carbocycles. The van der Waals surface area contributed by atoms with E-state index in [1.54, 1.807) is 0 Å². The number of rotatable bonds is 5. The highest BCUT2D eigenvalue weighted by Crippen LogP contribution is 2.18. The third-order valence-corrected chi connectivity index (χ3v) is 4.18. The Bertz CT molecular complexity index is 450. The summed E-state index contributed by atoms with van der Waals surface area (Å²) in [5.74, 6) is 0.133. The van der Waals surface area contributed by atoms with E-state index in [1.165, 1.54) is 17.5 Å². The van der Waals surface area contributed by atoms with E-state index in [4.69, 9.17) is 0 Å². The second kappa shape index (κ2) is 7.57. The van der Waals surface area contributed by atoms with Gasteiger partial charge in [-0.3, -0.25) is 4.79 Å². The second-order valence-electron chi connectivity index (χ2n) is 6.14. The lowest BCUT2D eigenvalue weighted by molar-refractivity contribution is -0.123. The Morgan fingerprint density at radius 3 is 2.62 bits per heavy atom. The van der Waals surface area contributed by atoms with Crippen molar-refractivity contribution in [1.82, 2.24) is 15.5 Å². The standard InChI is InChI=1S/C17H27N3O/c1-13-7-9-14(10-8-13)16(20(2)3)12-19-17(21)15-6-4-5-11-18-15/h7-10,15-16,18H,4-6,11-12H2,1-3H3,(H,19,21)/t15-,16?/m1/s1. The van der Waals surface area contributed by atoms with E-state index in [0.717, 1.165) is 19.4 Å². The average Bonchev–Trinajstić information content (AvgIpc) is 2.49. The number of benzene rings is 1. The van der Waals surface area contributed by atoms with Crippen LogP contribution in [0.1, 0.15) is 36.4 Å². The number of hydrogen-bond donors (Lipinski definition) is 2. The molecule has 2 atom stereocenters. The molecule has 2 rings (SSSR count). The zero-order valence-corrected chi connectivity index (χ0v) is 13.4. The van der Waals surface area contributed by atoms with Crippen LogP contribution in [0.3, 0.4) is 0 Å². The Kier molecular flexibility index (Phi) is 5.76. The molecule has 1 aliphatic heterocycles. The third-order valence-electron chi connectivity index (χ3n) is 4.18. The van der Waals surface area contributed by atoms with Gasteiger partial charge in [-0.05, 0) is 46.0 Å². The highest BCUT2D eigenvalue weighted by molar-refractivity contribution is 5.81. The van der Waals surface area contributed by atoms with Gasteiger partial charge in [0.25, 0.3) is 0 Å². The maximum absolute atomic E-state index is 12.2. The van der Waals surface area contributed by atoms with Crippen LogP contribution in [-0.2, 0) is 4.79 Å². The molecular formula is C17H27N3O. The van der Waals surface area contributed by atoms with Crippen LogP contribution in [0.25, 0.3) is 0 Å². The molecule has 0 aromatic heterocycles. The number of amides is 1. The van der Waals surface area contributed by atoms with Crippen molar-refractivity contribution >= 4 is 5.91 Å². The largest absolute Gasteiger partial charge is 0.353 e. The van der Waals surface area contributed by atoms with Crippen molar-refractivity contribution < 1.29 is 4.79 Å². The lowest BCUT2D eigenvalue weighted by Gasteiger charge is -2.27. The first kappa shape index (κ1) is 16.0. The molecule has 1 amide bonds. The van der Waals surface area contributed by atoms with Crippen molar-refractivity contribution in [2.75, 3.05) is 27.2 Å². The lowest BCUT2D eigenvalue weighted by Crippen LogP contribution is -2.48. The van der Waals surface area contributed by atoms with Gasteiger partial charge < -0.3 is 15.5 Å². The molecule has 0 radical (unpaired) electrons. The SMILES string of the molecule is Cc1ccc(C(CNC(=O)[C@H]2CCCCN2)N(C)C)cc1. The number of piperidine rings is 1. The maximum atomic E-state index is 12.2. The minimum absolute atomic E-state index is 0.0143. The second-order valence-corrected chi connectivity index (χ2v) is 6.14. The number of nitrogens with one attached hydrogen (secondary N) is 2. The summed E-state index contributed by atoms with van der Waals surface area (Å²) >= 11 is 0. The summed E-state index contributed by atoms with van der Waals surface area (Å²) in [7, 11) is 4.10. The van der Waals surface area contributed by atoms with Gasteiger partial charge in [-0.25, -0.2) is 0 Å². The predicted octanol–water partition coefficient (Wildman–Crippen LogP) is 1.86. The van der Waals surface area contributed by atoms with E-state index in [0.29, 0.717) is 6.54 Å². The van der Waals surface area contributed by atoms with Gasteiger partial charge in [-0.15, -0.1) is 0 Å². The smallest absolute Gasteiger partial charge is 0.237 e. The van der Waals surface area contributed by atoms with Gasteiger partial charge in [0.1, 0.15) is 0 Å². The molecule has 4 heteroatoms. The summed E-state index contributed by atoms with van der Waals surface area (Å²) in [5, 5.41) is 6.40. The van der Waals surface area contributed by atoms with E-state index in [9.17, 15) is 4.79 Å². The fourth-order valence-corrected chi connectivity index (χ4v) is 2.78. The first-order valence-electron chi connectivity index (χ1n) is 7.82. The van der Waals surface area contributed by atoms with Crippen molar-refractivity contribution in [2.24, 2.45) is 0 Å². The van der Waals surface area contributed by atoms with Crippen LogP contribution < -0.4 is 10.6 Å². The molecular weight excluding hydrogens is 262 g/mol. The van der Waals surface area contributed by atoms with Crippen LogP contribution in [0.2, 0.25) is 0 Å². The predicted molar refractivity (Wildman–Crippen MR) is 86.3 cm³/mol. The first-order valence-corrected chi connectivity index (χ1v) is 7.82. The zero-order valence-electron chi connectivity index (χ0n) is 13.4. The summed E-state index contributed by atoms with van der Waals surface area (Å²) in [4.78, 5) is 14.4. The number of aryl methyl sites for hydroxylation is 1. The van der Waals surface area contributed by atoms with Crippen LogP contribution in [0, 0.1) is 6.92 Å². The van der Waals surface area contributed by atoms with Gasteiger partial charge in [0.15, 0.2) is 0 Å². The molecule has 1 saturated heterocycles. The van der Waals surface area contributed by atoms with Crippen molar-refractivity contribution in [2.45, 2.75) is 38.3 Å². The Hall–Kier alpha value is -1.39. The third kappa shape index (κ3) is 4.55. The summed E-state index contributed by atoms with van der Waals surface area (Å²) in [6, 6.07) is 8.72. The van der Waals surface area contributed by atoms with Gasteiger partial charge in [-0.1, -0.05) is 36.2 Å². The highest BCUT2D eigenvalue weighted by atomic mass is 16.2. The van der Waals surface area contributed by atoms with Gasteiger partial charge in [0.2, 0.25) is 5.91 Å². The van der Waals surface area contributed by atoms with Crippen molar-refractivity contribution in [3.05, 3.63) is 35.4 Å². The Balaban J connectivity index is 1.93. The number of carbonyl (C=O) groups is 1. The lowest BCUT2D eigenvalue weighted by atomic mass is 10.0. The van der Waals surface area contributed by atoms with E-state index >= 15 is 0 Å². The van der Waals surface area contributed by atoms with E-state index in [1.807, 2.05) is 0 Å². The van der Waals surface area contributed by atoms with E-state index in [2.05, 4.69) is 60.8 Å². The minimum atomic E-state index is -0.0143. The van der Waals surface area contributed by atoms with Gasteiger partial charge >= 0.3 is 0 Å². The molecule has 0 spiro atoms. The van der Waals surface area contributed by atoms with Crippen molar-refractivity contribution in [3.63, 3.8) is 0 Å². The quantitative estimate of drug-likeness (QED) is 0.869. The first-order chi connectivity index (χ1) is 10.1. The molecule has 1 aliphatic rings. The van der Waals surface area contributed by atoms with E-state index in [-0.39, 0.29) is 18.0 Å². The molecule has 1 fully saturated rings. The molecule has 2 N–H and O–H groups in total. The normalized spacial score (nSPS) is 20.3. The van der Waals surface area contributed by atoms with Gasteiger partial charge in [0.05, 0.1) is 12.1 Å². The summed E-state index contributed by atoms with van der Waals surface area (Å²) < 4.78 is 0. The molecule has 116 valence electrons. The molecule has 1 heterocycles. The van der Waals surface area contributed by atoms with Gasteiger partial charge in [-0.2, -0.15) is 0 Å². The van der Waals surface area contributed by atoms with Crippen molar-refractivity contribution in [1.29, 1.82) is 0 Å². The summed E-state index contributed by atoms with van der Waals surface area (Å²) in [6.45, 7) is 3.69. The van der Waals surface area contributed by atoms with Crippen LogP contribution in [0.5, 0.6) is 0 Å². The molecule has 1 aromatic rings. The number of likely N-dealkylation sites (N-methyl/N-ethyl adjacent to an activating group) is 1. The Morgan fingerprint density at radius 2 is 2.05 bits per heavy atom. The molecule has 21 heavy (non-hydrogen) atoms.